The van der Waals surface area contributed by atoms with Crippen LogP contribution in [0.1, 0.15) is 8.56 Å². The fourth-order valence-electron chi connectivity index (χ4n) is 0. The maximum absolute atomic E-state index is 8.88. The minimum Gasteiger partial charge on any atom is -1.00 e. The van der Waals surface area contributed by atoms with Crippen LogP contribution in [0.25, 0.3) is 0 Å². The van der Waals surface area contributed by atoms with E-state index in [1.165, 1.54) is 0 Å². The summed E-state index contributed by atoms with van der Waals surface area (Å²) in [6, 6.07) is 0. The molecule has 17 heteroatoms. The molecule has 0 aliphatic carbocycles. The third-order valence-corrected chi connectivity index (χ3v) is 0. The van der Waals surface area contributed by atoms with Crippen LogP contribution in [0.3, 0.4) is 0 Å². The number of halogens is 2. The standard InChI is InChI=1S/Ca.2ClH.4Na.2H3O4P.6H/c;;;;;;;2*1-5(2,3)4;;;;;;/h;2*1H;;;;;2*(H3,1,2,3,4);;;;;;/q+2;;;4*+1;;;6*-1. The Labute approximate surface area is 238 Å². The second-order valence-corrected chi connectivity index (χ2v) is 3.08. The van der Waals surface area contributed by atoms with Crippen molar-refractivity contribution in [1.29, 1.82) is 0 Å². The SMILES string of the molecule is Cl.Cl.O=P(O)(O)O.O=P(O)(O)O.[Ca+2].[H-].[H-].[H-].[H-].[H-].[H-].[Na+].[Na+].[Na+].[Na+]. The van der Waals surface area contributed by atoms with Gasteiger partial charge in [-0.15, -0.1) is 24.8 Å². The molecule has 0 spiro atoms. The van der Waals surface area contributed by atoms with Crippen LogP contribution >= 0.6 is 40.5 Å². The maximum atomic E-state index is 8.88. The van der Waals surface area contributed by atoms with Gasteiger partial charge < -0.3 is 37.9 Å². The Hall–Kier alpha value is 6.06. The largest absolute Gasteiger partial charge is 2.00 e. The van der Waals surface area contributed by atoms with E-state index in [4.69, 9.17) is 38.5 Å². The Morgan fingerprint density at radius 3 is 0.588 bits per heavy atom. The number of hydrogen-bond acceptors (Lipinski definition) is 2. The summed E-state index contributed by atoms with van der Waals surface area (Å²) in [5, 5.41) is 0. The van der Waals surface area contributed by atoms with E-state index in [1.54, 1.807) is 0 Å². The van der Waals surface area contributed by atoms with Crippen LogP contribution in [0.2, 0.25) is 0 Å². The molecule has 92 valence electrons. The molecule has 0 unspecified atom stereocenters. The number of phosphoric acid groups is 2. The molecular weight excluding hydrogens is 393 g/mol. The van der Waals surface area contributed by atoms with Gasteiger partial charge in [-0.05, 0) is 0 Å². The van der Waals surface area contributed by atoms with Crippen LogP contribution in [0, 0.1) is 0 Å². The topological polar surface area (TPSA) is 156 Å². The van der Waals surface area contributed by atoms with E-state index in [0.29, 0.717) is 0 Å². The molecule has 0 heterocycles. The van der Waals surface area contributed by atoms with Crippen molar-refractivity contribution >= 4 is 78.2 Å². The van der Waals surface area contributed by atoms with Gasteiger partial charge in [-0.25, -0.2) is 9.13 Å². The van der Waals surface area contributed by atoms with Crippen molar-refractivity contribution in [1.82, 2.24) is 0 Å². The zero-order valence-corrected chi connectivity index (χ0v) is 23.5. The predicted octanol–water partition coefficient (Wildman–Crippen LogP) is -12.7. The molecule has 0 radical (unpaired) electrons. The summed E-state index contributed by atoms with van der Waals surface area (Å²) in [5.74, 6) is 0. The zero-order valence-electron chi connectivity index (χ0n) is 15.9. The van der Waals surface area contributed by atoms with Crippen molar-refractivity contribution in [3.63, 3.8) is 0 Å². The average molecular weight is 407 g/mol. The van der Waals surface area contributed by atoms with E-state index in [0.717, 1.165) is 0 Å². The molecule has 0 rings (SSSR count). The van der Waals surface area contributed by atoms with Crippen LogP contribution in [0.4, 0.5) is 0 Å². The van der Waals surface area contributed by atoms with E-state index < -0.39 is 15.6 Å². The van der Waals surface area contributed by atoms with E-state index >= 15 is 0 Å². The molecule has 6 N–H and O–H groups in total. The van der Waals surface area contributed by atoms with E-state index in [1.807, 2.05) is 0 Å². The Morgan fingerprint density at radius 2 is 0.588 bits per heavy atom. The summed E-state index contributed by atoms with van der Waals surface area (Å²) in [6.45, 7) is 0. The summed E-state index contributed by atoms with van der Waals surface area (Å²) in [5.41, 5.74) is 0. The number of rotatable bonds is 0. The van der Waals surface area contributed by atoms with E-state index in [-0.39, 0.29) is 189 Å². The first kappa shape index (κ1) is 56.8. The first-order valence-electron chi connectivity index (χ1n) is 1.57. The minimum absolute atomic E-state index is 0. The van der Waals surface area contributed by atoms with E-state index in [2.05, 4.69) is 0 Å². The molecule has 0 saturated heterocycles. The van der Waals surface area contributed by atoms with Crippen molar-refractivity contribution in [3.8, 4) is 0 Å². The first-order chi connectivity index (χ1) is 4.00. The molecule has 0 saturated carbocycles. The third-order valence-electron chi connectivity index (χ3n) is 0. The second kappa shape index (κ2) is 30.0. The van der Waals surface area contributed by atoms with Gasteiger partial charge in [-0.3, -0.25) is 0 Å². The van der Waals surface area contributed by atoms with Gasteiger partial charge in [0.25, 0.3) is 0 Å². The molecule has 17 heavy (non-hydrogen) atoms. The monoisotopic (exact) mass is 406 g/mol. The Kier molecular flexibility index (Phi) is 100. The van der Waals surface area contributed by atoms with Crippen molar-refractivity contribution in [3.05, 3.63) is 0 Å². The van der Waals surface area contributed by atoms with Crippen LogP contribution in [0.15, 0.2) is 0 Å². The summed E-state index contributed by atoms with van der Waals surface area (Å²) in [7, 11) is -9.28. The fourth-order valence-corrected chi connectivity index (χ4v) is 0. The number of hydrogen-bond donors (Lipinski definition) is 6. The van der Waals surface area contributed by atoms with Crippen molar-refractivity contribution in [2.45, 2.75) is 0 Å². The normalized spacial score (nSPS) is 6.94. The van der Waals surface area contributed by atoms with Crippen molar-refractivity contribution < 1.29 is 165 Å². The van der Waals surface area contributed by atoms with Gasteiger partial charge in [-0.1, -0.05) is 0 Å². The van der Waals surface area contributed by atoms with Gasteiger partial charge in [0.15, 0.2) is 0 Å². The van der Waals surface area contributed by atoms with Crippen molar-refractivity contribution in [2.75, 3.05) is 0 Å². The van der Waals surface area contributed by atoms with E-state index in [9.17, 15) is 0 Å². The summed E-state index contributed by atoms with van der Waals surface area (Å²) >= 11 is 0. The van der Waals surface area contributed by atoms with Crippen molar-refractivity contribution in [2.24, 2.45) is 0 Å². The van der Waals surface area contributed by atoms with Gasteiger partial charge >= 0.3 is 172 Å². The van der Waals surface area contributed by atoms with Crippen LogP contribution in [0.5, 0.6) is 0 Å². The van der Waals surface area contributed by atoms with Gasteiger partial charge in [0, 0.05) is 0 Å². The van der Waals surface area contributed by atoms with Gasteiger partial charge in [0.1, 0.15) is 0 Å². The summed E-state index contributed by atoms with van der Waals surface area (Å²) < 4.78 is 17.8. The average Bonchev–Trinajstić information content (AvgIpc) is 1.12. The predicted molar refractivity (Wildman–Crippen MR) is 55.4 cm³/mol. The molecule has 0 aromatic heterocycles. The molecule has 0 aliphatic heterocycles. The molecule has 0 atom stereocenters. The zero-order chi connectivity index (χ0) is 9.00. The molecule has 0 aromatic rings. The van der Waals surface area contributed by atoms with Crippen LogP contribution in [-0.4, -0.2) is 67.1 Å². The molecule has 0 amide bonds. The third kappa shape index (κ3) is 242. The smallest absolute Gasteiger partial charge is 1.00 e. The summed E-state index contributed by atoms with van der Waals surface area (Å²) in [6.07, 6.45) is 0. The first-order valence-corrected chi connectivity index (χ1v) is 4.70. The fraction of sp³-hybridized carbons (Fsp3) is 0. The Bertz CT molecular complexity index is 165. The molecule has 0 aromatic carbocycles. The maximum Gasteiger partial charge on any atom is 2.00 e. The molecule has 8 nitrogen and oxygen atoms in total. The van der Waals surface area contributed by atoms with Gasteiger partial charge in [0.05, 0.1) is 0 Å². The molecule has 0 aliphatic rings. The van der Waals surface area contributed by atoms with Crippen LogP contribution in [-0.2, 0) is 9.13 Å². The quantitative estimate of drug-likeness (QED) is 0.171. The van der Waals surface area contributed by atoms with Crippen LogP contribution < -0.4 is 118 Å². The van der Waals surface area contributed by atoms with Gasteiger partial charge in [0.2, 0.25) is 0 Å². The molecular formula is H14CaCl2Na4O8P2. The second-order valence-electron chi connectivity index (χ2n) is 1.03. The Morgan fingerprint density at radius 1 is 0.588 bits per heavy atom. The molecule has 0 fully saturated rings. The molecule has 0 bridgehead atoms. The van der Waals surface area contributed by atoms with Gasteiger partial charge in [-0.2, -0.15) is 0 Å². The minimum atomic E-state index is -4.64. The Balaban J connectivity index is -0.00000000274. The summed E-state index contributed by atoms with van der Waals surface area (Å²) in [4.78, 5) is 43.1.